The normalized spacial score (nSPS) is 17.8. The summed E-state index contributed by atoms with van der Waals surface area (Å²) in [6.07, 6.45) is 5.45. The Morgan fingerprint density at radius 2 is 2.36 bits per heavy atom. The predicted molar refractivity (Wildman–Crippen MR) is 66.9 cm³/mol. The molecule has 0 aliphatic heterocycles. The molecule has 0 aromatic carbocycles. The minimum absolute atomic E-state index is 0.437. The van der Waals surface area contributed by atoms with E-state index in [0.717, 1.165) is 12.8 Å². The molecule has 0 aliphatic rings. The van der Waals surface area contributed by atoms with Crippen molar-refractivity contribution >= 4 is 26.0 Å². The number of allylic oxidation sites excluding steroid dienone is 2. The van der Waals surface area contributed by atoms with Crippen LogP contribution in [0, 0.1) is 5.92 Å². The van der Waals surface area contributed by atoms with E-state index in [1.54, 1.807) is 6.08 Å². The molecule has 1 unspecified atom stereocenters. The van der Waals surface area contributed by atoms with E-state index in [-0.39, 0.29) is 0 Å². The first-order valence-electron chi connectivity index (χ1n) is 4.46. The molecule has 0 rings (SSSR count). The summed E-state index contributed by atoms with van der Waals surface area (Å²) in [5.74, 6) is 0.902. The molecule has 14 heavy (non-hydrogen) atoms. The average molecular weight is 234 g/mol. The zero-order valence-electron chi connectivity index (χ0n) is 8.54. The molecule has 5 heteroatoms. The van der Waals surface area contributed by atoms with E-state index in [2.05, 4.69) is 20.2 Å². The molecule has 0 saturated carbocycles. The second-order valence-electron chi connectivity index (χ2n) is 3.53. The summed E-state index contributed by atoms with van der Waals surface area (Å²) in [4.78, 5) is 0. The van der Waals surface area contributed by atoms with E-state index in [0.29, 0.717) is 17.4 Å². The Morgan fingerprint density at radius 3 is 2.79 bits per heavy atom. The van der Waals surface area contributed by atoms with Crippen molar-refractivity contribution in [2.75, 3.05) is 5.75 Å². The van der Waals surface area contributed by atoms with Crippen molar-refractivity contribution in [3.8, 4) is 0 Å². The first-order valence-corrected chi connectivity index (χ1v) is 7.19. The summed E-state index contributed by atoms with van der Waals surface area (Å²) >= 11 is 0. The first-order chi connectivity index (χ1) is 6.31. The monoisotopic (exact) mass is 233 g/mol. The van der Waals surface area contributed by atoms with E-state index in [9.17, 15) is 4.21 Å². The number of halogens is 1. The quantitative estimate of drug-likeness (QED) is 0.431. The molecule has 0 bridgehead atoms. The van der Waals surface area contributed by atoms with Crippen LogP contribution in [-0.4, -0.2) is 16.7 Å². The fourth-order valence-corrected chi connectivity index (χ4v) is 1.97. The third-order valence-corrected chi connectivity index (χ3v) is 3.09. The van der Waals surface area contributed by atoms with Crippen LogP contribution in [0.15, 0.2) is 24.4 Å². The second-order valence-corrected chi connectivity index (χ2v) is 7.07. The van der Waals surface area contributed by atoms with E-state index >= 15 is 0 Å². The van der Waals surface area contributed by atoms with E-state index in [1.165, 1.54) is 0 Å². The Bertz CT molecular complexity index is 311. The van der Waals surface area contributed by atoms with Crippen LogP contribution in [0.5, 0.6) is 0 Å². The Hall–Kier alpha value is -0.215. The molecule has 0 heterocycles. The molecule has 0 fully saturated rings. The van der Waals surface area contributed by atoms with Gasteiger partial charge in [-0.2, -0.15) is 0 Å². The van der Waals surface area contributed by atoms with E-state index in [4.69, 9.17) is 16.4 Å². The van der Waals surface area contributed by atoms with Gasteiger partial charge < -0.3 is 0 Å². The van der Waals surface area contributed by atoms with Crippen molar-refractivity contribution in [1.29, 1.82) is 0 Å². The van der Waals surface area contributed by atoms with Crippen LogP contribution < -0.4 is 5.73 Å². The van der Waals surface area contributed by atoms with Crippen molar-refractivity contribution in [3.05, 3.63) is 24.4 Å². The van der Waals surface area contributed by atoms with Gasteiger partial charge in [0.2, 0.25) is 0 Å². The number of hydrogen-bond acceptors (Lipinski definition) is 2. The van der Waals surface area contributed by atoms with Gasteiger partial charge in [-0.05, 0) is 0 Å². The van der Waals surface area contributed by atoms with Crippen molar-refractivity contribution in [2.45, 2.75) is 19.8 Å². The van der Waals surface area contributed by atoms with Crippen molar-refractivity contribution in [1.82, 2.24) is 0 Å². The van der Waals surface area contributed by atoms with Crippen molar-refractivity contribution < 1.29 is 4.21 Å². The summed E-state index contributed by atoms with van der Waals surface area (Å²) in [5, 5.41) is 0. The molecule has 0 aliphatic carbocycles. The summed E-state index contributed by atoms with van der Waals surface area (Å²) in [7, 11) is 3.17. The minimum atomic E-state index is -2.35. The summed E-state index contributed by atoms with van der Waals surface area (Å²) in [6, 6.07) is 0. The molecule has 0 aromatic rings. The summed E-state index contributed by atoms with van der Waals surface area (Å²) < 4.78 is 11.1. The third-order valence-electron chi connectivity index (χ3n) is 1.79. The van der Waals surface area contributed by atoms with E-state index < -0.39 is 8.57 Å². The van der Waals surface area contributed by atoms with Gasteiger partial charge in [0, 0.05) is 0 Å². The van der Waals surface area contributed by atoms with Gasteiger partial charge in [-0.15, -0.1) is 0 Å². The molecule has 2 N–H and O–H groups in total. The molecule has 2 nitrogen and oxygen atoms in total. The molecule has 0 saturated heterocycles. The second kappa shape index (κ2) is 6.30. The first kappa shape index (κ1) is 13.8. The fraction of sp³-hybridized carbons (Fsp3) is 0.556. The molecule has 0 amide bonds. The van der Waals surface area contributed by atoms with Crippen LogP contribution in [0.25, 0.3) is 0 Å². The van der Waals surface area contributed by atoms with Crippen molar-refractivity contribution in [3.63, 3.8) is 0 Å². The Labute approximate surface area is 92.0 Å². The van der Waals surface area contributed by atoms with Crippen LogP contribution in [-0.2, 0) is 8.57 Å². The van der Waals surface area contributed by atoms with E-state index in [1.807, 2.05) is 6.08 Å². The average Bonchev–Trinajstić information content (AvgIpc) is 1.99. The SMILES string of the molecule is B=S(=O)(Cl)CC[C@H](C)C/C=C\C(=C)N. The Morgan fingerprint density at radius 1 is 1.79 bits per heavy atom. The van der Waals surface area contributed by atoms with Gasteiger partial charge >= 0.3 is 91.8 Å². The van der Waals surface area contributed by atoms with Gasteiger partial charge in [0.1, 0.15) is 0 Å². The summed E-state index contributed by atoms with van der Waals surface area (Å²) in [6.45, 7) is 9.02. The molecule has 80 valence electrons. The predicted octanol–water partition coefficient (Wildman–Crippen LogP) is 1.69. The molecule has 0 spiro atoms. The molecule has 0 aromatic heterocycles. The maximum atomic E-state index is 11.1. The zero-order chi connectivity index (χ0) is 11.2. The molecule has 0 radical (unpaired) electrons. The Kier molecular flexibility index (Phi) is 6.21. The van der Waals surface area contributed by atoms with Crippen LogP contribution >= 0.6 is 10.7 Å². The zero-order valence-corrected chi connectivity index (χ0v) is 10.1. The summed E-state index contributed by atoms with van der Waals surface area (Å²) in [5.41, 5.74) is 5.91. The van der Waals surface area contributed by atoms with Gasteiger partial charge in [0.05, 0.1) is 0 Å². The van der Waals surface area contributed by atoms with Crippen LogP contribution in [0.3, 0.4) is 0 Å². The van der Waals surface area contributed by atoms with Gasteiger partial charge in [-0.25, -0.2) is 0 Å². The standard InChI is InChI=1S/C9H17BClNOS/c1-8(4-3-5-9(2)12)6-7-14(10,11)13/h3,5,8,10H,2,4,6-7,12H2,1H3/b5-3-/t8-,14?/m1/s1. The van der Waals surface area contributed by atoms with Crippen LogP contribution in [0.2, 0.25) is 0 Å². The van der Waals surface area contributed by atoms with Gasteiger partial charge in [-0.3, -0.25) is 0 Å². The molecular formula is C9H17BClNOS. The van der Waals surface area contributed by atoms with Crippen LogP contribution in [0.1, 0.15) is 19.8 Å². The number of hydrogen-bond donors (Lipinski definition) is 1. The molecule has 2 atom stereocenters. The number of nitrogens with two attached hydrogens (primary N) is 1. The van der Waals surface area contributed by atoms with Gasteiger partial charge in [-0.1, -0.05) is 0 Å². The van der Waals surface area contributed by atoms with Crippen LogP contribution in [0.4, 0.5) is 0 Å². The van der Waals surface area contributed by atoms with Gasteiger partial charge in [0.15, 0.2) is 0 Å². The maximum absolute atomic E-state index is 11.1. The van der Waals surface area contributed by atoms with Gasteiger partial charge in [0.25, 0.3) is 0 Å². The third kappa shape index (κ3) is 9.87. The fourth-order valence-electron chi connectivity index (χ4n) is 0.947. The van der Waals surface area contributed by atoms with Crippen molar-refractivity contribution in [2.24, 2.45) is 11.7 Å². The molecular weight excluding hydrogens is 216 g/mol. The Balaban J connectivity index is 3.77. The number of rotatable bonds is 6. The topological polar surface area (TPSA) is 43.1 Å².